The van der Waals surface area contributed by atoms with Crippen molar-refractivity contribution < 1.29 is 22.7 Å². The summed E-state index contributed by atoms with van der Waals surface area (Å²) in [6.07, 6.45) is -1.48. The smallest absolute Gasteiger partial charge is 0.416 e. The number of para-hydroxylation sites is 1. The van der Waals surface area contributed by atoms with E-state index in [-0.39, 0.29) is 5.78 Å². The first-order valence-corrected chi connectivity index (χ1v) is 11.1. The molecule has 4 rings (SSSR count). The van der Waals surface area contributed by atoms with Crippen molar-refractivity contribution in [2.75, 3.05) is 44.7 Å². The number of hydrogen-bond donors (Lipinski definition) is 0. The second-order valence-corrected chi connectivity index (χ2v) is 8.38. The number of methoxy groups -OCH3 is 1. The van der Waals surface area contributed by atoms with Crippen LogP contribution in [-0.2, 0) is 12.7 Å². The molecule has 0 amide bonds. The summed E-state index contributed by atoms with van der Waals surface area (Å²) < 4.78 is 46.0. The van der Waals surface area contributed by atoms with Crippen LogP contribution in [0, 0.1) is 0 Å². The van der Waals surface area contributed by atoms with Crippen LogP contribution < -0.4 is 9.64 Å². The molecular weight excluding hydrogens is 431 g/mol. The van der Waals surface area contributed by atoms with Crippen molar-refractivity contribution in [1.82, 2.24) is 9.47 Å². The van der Waals surface area contributed by atoms with E-state index in [0.29, 0.717) is 5.56 Å². The van der Waals surface area contributed by atoms with Crippen molar-refractivity contribution in [2.45, 2.75) is 26.1 Å². The van der Waals surface area contributed by atoms with E-state index in [4.69, 9.17) is 4.74 Å². The molecule has 0 aliphatic carbocycles. The molecule has 1 aromatic heterocycles. The Bertz CT molecular complexity index is 1110. The molecule has 0 radical (unpaired) electrons. The van der Waals surface area contributed by atoms with Gasteiger partial charge in [-0.1, -0.05) is 12.1 Å². The number of alkyl halides is 3. The zero-order valence-corrected chi connectivity index (χ0v) is 18.9. The van der Waals surface area contributed by atoms with Gasteiger partial charge in [0.25, 0.3) is 0 Å². The van der Waals surface area contributed by atoms with Crippen molar-refractivity contribution in [3.8, 4) is 5.75 Å². The van der Waals surface area contributed by atoms with Crippen molar-refractivity contribution in [1.29, 1.82) is 0 Å². The van der Waals surface area contributed by atoms with Crippen LogP contribution in [0.2, 0.25) is 0 Å². The number of hydrogen-bond acceptors (Lipinski definition) is 4. The number of rotatable bonds is 7. The van der Waals surface area contributed by atoms with Crippen LogP contribution in [0.5, 0.6) is 5.75 Å². The first-order valence-electron chi connectivity index (χ1n) is 11.1. The lowest BCUT2D eigenvalue weighted by Crippen LogP contribution is -2.46. The lowest BCUT2D eigenvalue weighted by molar-refractivity contribution is -0.137. The topological polar surface area (TPSA) is 37.7 Å². The number of ether oxygens (including phenoxy) is 1. The summed E-state index contributed by atoms with van der Waals surface area (Å²) in [4.78, 5) is 16.6. The summed E-state index contributed by atoms with van der Waals surface area (Å²) >= 11 is 0. The van der Waals surface area contributed by atoms with Crippen LogP contribution in [0.15, 0.2) is 48.7 Å². The maximum absolute atomic E-state index is 12.8. The summed E-state index contributed by atoms with van der Waals surface area (Å²) in [5.41, 5.74) is 1.85. The average molecular weight is 460 g/mol. The summed E-state index contributed by atoms with van der Waals surface area (Å²) in [7, 11) is 1.63. The molecular formula is C25H28F3N3O2. The molecule has 1 aliphatic rings. The molecule has 2 heterocycles. The Morgan fingerprint density at radius 3 is 2.30 bits per heavy atom. The number of anilines is 1. The lowest BCUT2D eigenvalue weighted by Gasteiger charge is -2.36. The van der Waals surface area contributed by atoms with E-state index in [1.807, 2.05) is 24.4 Å². The lowest BCUT2D eigenvalue weighted by atomic mass is 10.1. The Labute approximate surface area is 191 Å². The standard InChI is InChI=1S/C25H28F3N3O2/c1-18(32)22-17-31(24-21(22)5-3-6-23(24)33-2)12-4-11-29-13-15-30(16-14-29)20-9-7-19(8-10-20)25(26,27)28/h3,5-10,17H,4,11-16H2,1-2H3. The minimum Gasteiger partial charge on any atom is -0.495 e. The van der Waals surface area contributed by atoms with E-state index in [1.54, 1.807) is 26.2 Å². The molecule has 0 bridgehead atoms. The Kier molecular flexibility index (Phi) is 6.65. The fourth-order valence-corrected chi connectivity index (χ4v) is 4.50. The second-order valence-electron chi connectivity index (χ2n) is 8.38. The normalized spacial score (nSPS) is 15.2. The van der Waals surface area contributed by atoms with Gasteiger partial charge in [-0.25, -0.2) is 0 Å². The van der Waals surface area contributed by atoms with E-state index < -0.39 is 11.7 Å². The van der Waals surface area contributed by atoms with E-state index in [0.717, 1.165) is 80.2 Å². The zero-order valence-electron chi connectivity index (χ0n) is 18.9. The quantitative estimate of drug-likeness (QED) is 0.462. The summed E-state index contributed by atoms with van der Waals surface area (Å²) in [6.45, 7) is 6.52. The van der Waals surface area contributed by atoms with Crippen molar-refractivity contribution in [2.24, 2.45) is 0 Å². The largest absolute Gasteiger partial charge is 0.495 e. The monoisotopic (exact) mass is 459 g/mol. The van der Waals surface area contributed by atoms with Crippen LogP contribution >= 0.6 is 0 Å². The molecule has 0 spiro atoms. The number of ketones is 1. The molecule has 2 aromatic carbocycles. The van der Waals surface area contributed by atoms with Gasteiger partial charge in [0, 0.05) is 55.6 Å². The number of benzene rings is 2. The fourth-order valence-electron chi connectivity index (χ4n) is 4.50. The van der Waals surface area contributed by atoms with Gasteiger partial charge in [0.15, 0.2) is 5.78 Å². The number of fused-ring (bicyclic) bond motifs is 1. The van der Waals surface area contributed by atoms with Crippen molar-refractivity contribution in [3.63, 3.8) is 0 Å². The number of piperazine rings is 1. The molecule has 0 saturated carbocycles. The SMILES string of the molecule is COc1cccc2c(C(C)=O)cn(CCCN3CCN(c4ccc(C(F)(F)F)cc4)CC3)c12. The van der Waals surface area contributed by atoms with E-state index in [9.17, 15) is 18.0 Å². The molecule has 176 valence electrons. The fraction of sp³-hybridized carbons (Fsp3) is 0.400. The maximum Gasteiger partial charge on any atom is 0.416 e. The van der Waals surface area contributed by atoms with E-state index in [1.165, 1.54) is 0 Å². The molecule has 0 unspecified atom stereocenters. The highest BCUT2D eigenvalue weighted by atomic mass is 19.4. The molecule has 0 atom stereocenters. The Morgan fingerprint density at radius 1 is 1.00 bits per heavy atom. The van der Waals surface area contributed by atoms with Gasteiger partial charge in [0.1, 0.15) is 5.75 Å². The molecule has 5 nitrogen and oxygen atoms in total. The number of carbonyl (C=O) groups excluding carboxylic acids is 1. The average Bonchev–Trinajstić information content (AvgIpc) is 3.18. The first kappa shape index (κ1) is 23.2. The van der Waals surface area contributed by atoms with Crippen LogP contribution in [0.4, 0.5) is 18.9 Å². The summed E-state index contributed by atoms with van der Waals surface area (Å²) in [6, 6.07) is 11.1. The molecule has 1 saturated heterocycles. The van der Waals surface area contributed by atoms with Gasteiger partial charge in [-0.05, 0) is 50.2 Å². The van der Waals surface area contributed by atoms with Crippen LogP contribution in [-0.4, -0.2) is 55.1 Å². The maximum atomic E-state index is 12.8. The first-order chi connectivity index (χ1) is 15.8. The van der Waals surface area contributed by atoms with Gasteiger partial charge in [-0.2, -0.15) is 13.2 Å². The van der Waals surface area contributed by atoms with Crippen molar-refractivity contribution >= 4 is 22.4 Å². The Hall–Kier alpha value is -3.00. The van der Waals surface area contributed by atoms with Gasteiger partial charge < -0.3 is 14.2 Å². The summed E-state index contributed by atoms with van der Waals surface area (Å²) in [5, 5.41) is 0.909. The molecule has 8 heteroatoms. The number of aryl methyl sites for hydroxylation is 1. The predicted molar refractivity (Wildman–Crippen MR) is 123 cm³/mol. The van der Waals surface area contributed by atoms with E-state index in [2.05, 4.69) is 14.4 Å². The number of nitrogens with zero attached hydrogens (tertiary/aromatic N) is 3. The van der Waals surface area contributed by atoms with Crippen LogP contribution in [0.3, 0.4) is 0 Å². The number of Topliss-reactive ketones (excluding diaryl/α,β-unsaturated/α-hetero) is 1. The van der Waals surface area contributed by atoms with Gasteiger partial charge in [-0.3, -0.25) is 9.69 Å². The van der Waals surface area contributed by atoms with Gasteiger partial charge >= 0.3 is 6.18 Å². The third-order valence-electron chi connectivity index (χ3n) is 6.27. The van der Waals surface area contributed by atoms with Gasteiger partial charge in [-0.15, -0.1) is 0 Å². The third kappa shape index (κ3) is 5.00. The highest BCUT2D eigenvalue weighted by Crippen LogP contribution is 2.31. The molecule has 3 aromatic rings. The summed E-state index contributed by atoms with van der Waals surface area (Å²) in [5.74, 6) is 0.788. The van der Waals surface area contributed by atoms with E-state index >= 15 is 0 Å². The number of halogens is 3. The Morgan fingerprint density at radius 2 is 1.70 bits per heavy atom. The highest BCUT2D eigenvalue weighted by Gasteiger charge is 2.30. The minimum absolute atomic E-state index is 0.0337. The predicted octanol–water partition coefficient (Wildman–Crippen LogP) is 5.08. The third-order valence-corrected chi connectivity index (χ3v) is 6.27. The van der Waals surface area contributed by atoms with Crippen LogP contribution in [0.25, 0.3) is 10.9 Å². The second kappa shape index (κ2) is 9.47. The molecule has 0 N–H and O–H groups in total. The highest BCUT2D eigenvalue weighted by molar-refractivity contribution is 6.08. The zero-order chi connectivity index (χ0) is 23.6. The number of aromatic nitrogens is 1. The molecule has 1 aliphatic heterocycles. The molecule has 33 heavy (non-hydrogen) atoms. The van der Waals surface area contributed by atoms with Gasteiger partial charge in [0.05, 0.1) is 18.2 Å². The van der Waals surface area contributed by atoms with Crippen molar-refractivity contribution in [3.05, 3.63) is 59.8 Å². The van der Waals surface area contributed by atoms with Crippen LogP contribution in [0.1, 0.15) is 29.3 Å². The van der Waals surface area contributed by atoms with Gasteiger partial charge in [0.2, 0.25) is 0 Å². The Balaban J connectivity index is 1.34. The molecule has 1 fully saturated rings. The number of carbonyl (C=O) groups is 1. The minimum atomic E-state index is -4.31.